The average molecular weight is 450 g/mol. The van der Waals surface area contributed by atoms with E-state index < -0.39 is 0 Å². The van der Waals surface area contributed by atoms with Gasteiger partial charge >= 0.3 is 0 Å². The monoisotopic (exact) mass is 449 g/mol. The number of hydrogen-bond acceptors (Lipinski definition) is 4. The second kappa shape index (κ2) is 12.8. The van der Waals surface area contributed by atoms with Gasteiger partial charge in [-0.25, -0.2) is 0 Å². The molecule has 0 aromatic heterocycles. The highest BCUT2D eigenvalue weighted by Gasteiger charge is 2.25. The first-order valence-electron chi connectivity index (χ1n) is 12.6. The van der Waals surface area contributed by atoms with Gasteiger partial charge in [0.15, 0.2) is 0 Å². The van der Waals surface area contributed by atoms with Crippen molar-refractivity contribution in [2.45, 2.75) is 65.6 Å². The van der Waals surface area contributed by atoms with Crippen LogP contribution in [0.25, 0.3) is 0 Å². The molecule has 0 unspecified atom stereocenters. The predicted molar refractivity (Wildman–Crippen MR) is 141 cm³/mol. The maximum absolute atomic E-state index is 6.38. The van der Waals surface area contributed by atoms with Gasteiger partial charge in [0, 0.05) is 44.0 Å². The van der Waals surface area contributed by atoms with Crippen LogP contribution >= 0.6 is 0 Å². The molecule has 2 N–H and O–H groups in total. The maximum Gasteiger partial charge on any atom is 0.119 e. The van der Waals surface area contributed by atoms with Gasteiger partial charge in [0.2, 0.25) is 0 Å². The lowest BCUT2D eigenvalue weighted by Crippen LogP contribution is -2.48. The smallest absolute Gasteiger partial charge is 0.119 e. The van der Waals surface area contributed by atoms with Crippen molar-refractivity contribution < 1.29 is 4.74 Å². The fourth-order valence-corrected chi connectivity index (χ4v) is 4.65. The quantitative estimate of drug-likeness (QED) is 0.435. The van der Waals surface area contributed by atoms with Crippen LogP contribution in [-0.2, 0) is 6.61 Å². The Morgan fingerprint density at radius 1 is 1.06 bits per heavy atom. The minimum Gasteiger partial charge on any atom is -0.489 e. The van der Waals surface area contributed by atoms with Crippen molar-refractivity contribution in [1.29, 1.82) is 0 Å². The van der Waals surface area contributed by atoms with Crippen LogP contribution in [0.4, 0.5) is 5.69 Å². The number of rotatable bonds is 11. The molecular formula is C29H43N3O. The lowest BCUT2D eigenvalue weighted by molar-refractivity contribution is 0.193. The van der Waals surface area contributed by atoms with E-state index in [1.807, 2.05) is 18.2 Å². The lowest BCUT2D eigenvalue weighted by atomic mass is 9.99. The molecule has 2 aromatic rings. The zero-order valence-electron chi connectivity index (χ0n) is 21.0. The van der Waals surface area contributed by atoms with E-state index in [9.17, 15) is 0 Å². The summed E-state index contributed by atoms with van der Waals surface area (Å²) in [5.41, 5.74) is 10.2. The Kier molecular flexibility index (Phi) is 9.83. The summed E-state index contributed by atoms with van der Waals surface area (Å²) in [6, 6.07) is 19.8. The van der Waals surface area contributed by atoms with Gasteiger partial charge in [-0.1, -0.05) is 55.8 Å². The Labute approximate surface area is 201 Å². The lowest BCUT2D eigenvalue weighted by Gasteiger charge is -2.40. The highest BCUT2D eigenvalue weighted by atomic mass is 16.5. The molecule has 2 aromatic carbocycles. The van der Waals surface area contributed by atoms with E-state index >= 15 is 0 Å². The Morgan fingerprint density at radius 3 is 2.33 bits per heavy atom. The zero-order valence-corrected chi connectivity index (χ0v) is 21.0. The molecule has 33 heavy (non-hydrogen) atoms. The standard InChI is InChI=1S/C29H43N3O/c1-23(2)14-19-32(28-15-17-31(18-16-28)21-26(30)20-24(3)4)27-10-12-29(13-11-27)33-22-25-8-6-5-7-9-25/h5-14,24,26,28H,15-22,30H2,1-4H3/t26-/m1/s1. The van der Waals surface area contributed by atoms with Crippen LogP contribution in [0, 0.1) is 5.92 Å². The molecule has 1 atom stereocenters. The maximum atomic E-state index is 6.38. The van der Waals surface area contributed by atoms with Gasteiger partial charge in [-0.2, -0.15) is 0 Å². The van der Waals surface area contributed by atoms with Crippen molar-refractivity contribution in [3.05, 3.63) is 71.8 Å². The Morgan fingerprint density at radius 2 is 1.73 bits per heavy atom. The minimum atomic E-state index is 0.284. The normalized spacial score (nSPS) is 15.9. The van der Waals surface area contributed by atoms with E-state index in [1.165, 1.54) is 29.7 Å². The van der Waals surface area contributed by atoms with Crippen LogP contribution in [0.2, 0.25) is 0 Å². The van der Waals surface area contributed by atoms with Crippen LogP contribution in [0.3, 0.4) is 0 Å². The number of anilines is 1. The van der Waals surface area contributed by atoms with Gasteiger partial charge in [0.1, 0.15) is 12.4 Å². The van der Waals surface area contributed by atoms with E-state index in [4.69, 9.17) is 10.5 Å². The molecule has 4 heteroatoms. The number of likely N-dealkylation sites (tertiary alicyclic amines) is 1. The van der Waals surface area contributed by atoms with Crippen LogP contribution < -0.4 is 15.4 Å². The zero-order chi connectivity index (χ0) is 23.6. The van der Waals surface area contributed by atoms with Crippen molar-refractivity contribution in [2.24, 2.45) is 11.7 Å². The van der Waals surface area contributed by atoms with Crippen LogP contribution in [-0.4, -0.2) is 43.2 Å². The Balaban J connectivity index is 1.59. The molecule has 1 saturated heterocycles. The molecule has 4 nitrogen and oxygen atoms in total. The van der Waals surface area contributed by atoms with Gasteiger partial charge in [-0.05, 0) is 68.9 Å². The number of allylic oxidation sites excluding steroid dienone is 1. The van der Waals surface area contributed by atoms with Gasteiger partial charge < -0.3 is 20.3 Å². The second-order valence-corrected chi connectivity index (χ2v) is 10.1. The number of benzene rings is 2. The fourth-order valence-electron chi connectivity index (χ4n) is 4.65. The van der Waals surface area contributed by atoms with Gasteiger partial charge in [0.25, 0.3) is 0 Å². The number of piperidine rings is 1. The predicted octanol–water partition coefficient (Wildman–Crippen LogP) is 5.88. The molecule has 1 heterocycles. The average Bonchev–Trinajstić information content (AvgIpc) is 2.79. The summed E-state index contributed by atoms with van der Waals surface area (Å²) in [6.07, 6.45) is 5.80. The molecule has 1 fully saturated rings. The molecule has 3 rings (SSSR count). The van der Waals surface area contributed by atoms with E-state index in [2.05, 4.69) is 80.0 Å². The number of nitrogens with two attached hydrogens (primary N) is 1. The number of hydrogen-bond donors (Lipinski definition) is 1. The SMILES string of the molecule is CC(C)=CCN(c1ccc(OCc2ccccc2)cc1)C1CCN(C[C@H](N)CC(C)C)CC1. The molecule has 0 amide bonds. The molecule has 0 radical (unpaired) electrons. The van der Waals surface area contributed by atoms with E-state index in [-0.39, 0.29) is 6.04 Å². The van der Waals surface area contributed by atoms with Crippen LogP contribution in [0.15, 0.2) is 66.2 Å². The minimum absolute atomic E-state index is 0.284. The third-order valence-corrected chi connectivity index (χ3v) is 6.38. The van der Waals surface area contributed by atoms with E-state index in [0.717, 1.165) is 38.3 Å². The Bertz CT molecular complexity index is 835. The fraction of sp³-hybridized carbons (Fsp3) is 0.517. The molecule has 1 aliphatic heterocycles. The van der Waals surface area contributed by atoms with Gasteiger partial charge in [0.05, 0.1) is 0 Å². The molecule has 0 saturated carbocycles. The van der Waals surface area contributed by atoms with Gasteiger partial charge in [-0.15, -0.1) is 0 Å². The van der Waals surface area contributed by atoms with Crippen molar-refractivity contribution in [3.63, 3.8) is 0 Å². The van der Waals surface area contributed by atoms with E-state index in [0.29, 0.717) is 18.6 Å². The summed E-state index contributed by atoms with van der Waals surface area (Å²) in [6.45, 7) is 13.7. The second-order valence-electron chi connectivity index (χ2n) is 10.1. The first kappa shape index (κ1) is 25.3. The third kappa shape index (κ3) is 8.53. The first-order valence-corrected chi connectivity index (χ1v) is 12.6. The van der Waals surface area contributed by atoms with Crippen LogP contribution in [0.5, 0.6) is 5.75 Å². The van der Waals surface area contributed by atoms with E-state index in [1.54, 1.807) is 0 Å². The van der Waals surface area contributed by atoms with Crippen molar-refractivity contribution in [2.75, 3.05) is 31.1 Å². The van der Waals surface area contributed by atoms with Crippen molar-refractivity contribution >= 4 is 5.69 Å². The molecule has 180 valence electrons. The largest absolute Gasteiger partial charge is 0.489 e. The van der Waals surface area contributed by atoms with Crippen LogP contribution in [0.1, 0.15) is 52.5 Å². The highest BCUT2D eigenvalue weighted by Crippen LogP contribution is 2.26. The topological polar surface area (TPSA) is 41.7 Å². The molecule has 0 aliphatic carbocycles. The van der Waals surface area contributed by atoms with Gasteiger partial charge in [-0.3, -0.25) is 0 Å². The number of nitrogens with zero attached hydrogens (tertiary/aromatic N) is 2. The summed E-state index contributed by atoms with van der Waals surface area (Å²) in [4.78, 5) is 5.13. The molecular weight excluding hydrogens is 406 g/mol. The summed E-state index contributed by atoms with van der Waals surface area (Å²) in [5.74, 6) is 1.58. The highest BCUT2D eigenvalue weighted by molar-refractivity contribution is 5.51. The molecule has 1 aliphatic rings. The summed E-state index contributed by atoms with van der Waals surface area (Å²) >= 11 is 0. The first-order chi connectivity index (χ1) is 15.9. The summed E-state index contributed by atoms with van der Waals surface area (Å²) < 4.78 is 6.00. The molecule has 0 spiro atoms. The number of ether oxygens (including phenoxy) is 1. The molecule has 0 bridgehead atoms. The van der Waals surface area contributed by atoms with Crippen molar-refractivity contribution in [3.8, 4) is 5.75 Å². The van der Waals surface area contributed by atoms with Crippen molar-refractivity contribution in [1.82, 2.24) is 4.90 Å². The third-order valence-electron chi connectivity index (χ3n) is 6.38. The summed E-state index contributed by atoms with van der Waals surface area (Å²) in [7, 11) is 0. The summed E-state index contributed by atoms with van der Waals surface area (Å²) in [5, 5.41) is 0. The Hall–Kier alpha value is -2.30.